The van der Waals surface area contributed by atoms with E-state index >= 15 is 0 Å². The van der Waals surface area contributed by atoms with Crippen molar-refractivity contribution in [1.29, 1.82) is 0 Å². The summed E-state index contributed by atoms with van der Waals surface area (Å²) in [6, 6.07) is 10.3. The molecule has 2 N–H and O–H groups in total. The third-order valence-corrected chi connectivity index (χ3v) is 4.76. The van der Waals surface area contributed by atoms with Crippen LogP contribution in [0.4, 0.5) is 0 Å². The maximum absolute atomic E-state index is 12.3. The molecule has 1 amide bonds. The Balaban J connectivity index is 0.00000147. The second-order valence-electron chi connectivity index (χ2n) is 6.01. The molecule has 1 saturated carbocycles. The predicted octanol–water partition coefficient (Wildman–Crippen LogP) is 2.68. The second-order valence-corrected chi connectivity index (χ2v) is 6.01. The standard InChI is InChI=1S/C16H22N2O.ClH/c1-12(13-5-3-2-4-6-13)18-15(19)14-11-16(14)7-9-17-10-8-16;/h2-6,12,14,17H,7-11H2,1H3,(H,18,19);1H/t12-,14?;/m1./s1. The first-order valence-corrected chi connectivity index (χ1v) is 7.27. The van der Waals surface area contributed by atoms with Gasteiger partial charge in [-0.1, -0.05) is 30.3 Å². The summed E-state index contributed by atoms with van der Waals surface area (Å²) in [6.45, 7) is 4.20. The number of rotatable bonds is 3. The van der Waals surface area contributed by atoms with E-state index in [1.54, 1.807) is 0 Å². The van der Waals surface area contributed by atoms with Crippen LogP contribution in [0.15, 0.2) is 30.3 Å². The Kier molecular flexibility index (Phi) is 4.71. The van der Waals surface area contributed by atoms with Crippen molar-refractivity contribution < 1.29 is 4.79 Å². The van der Waals surface area contributed by atoms with Crippen molar-refractivity contribution in [2.45, 2.75) is 32.2 Å². The van der Waals surface area contributed by atoms with Gasteiger partial charge >= 0.3 is 0 Å². The quantitative estimate of drug-likeness (QED) is 0.900. The van der Waals surface area contributed by atoms with E-state index in [-0.39, 0.29) is 30.3 Å². The molecule has 4 heteroatoms. The molecule has 3 rings (SSSR count). The van der Waals surface area contributed by atoms with E-state index in [1.807, 2.05) is 18.2 Å². The third-order valence-electron chi connectivity index (χ3n) is 4.76. The molecule has 2 aliphatic rings. The summed E-state index contributed by atoms with van der Waals surface area (Å²) in [4.78, 5) is 12.3. The fourth-order valence-corrected chi connectivity index (χ4v) is 3.33. The summed E-state index contributed by atoms with van der Waals surface area (Å²) in [5.74, 6) is 0.499. The van der Waals surface area contributed by atoms with Crippen molar-refractivity contribution in [3.8, 4) is 0 Å². The minimum atomic E-state index is 0. The average molecular weight is 295 g/mol. The van der Waals surface area contributed by atoms with Gasteiger partial charge in [0.2, 0.25) is 5.91 Å². The highest BCUT2D eigenvalue weighted by atomic mass is 35.5. The first kappa shape index (κ1) is 15.3. The maximum atomic E-state index is 12.3. The Bertz CT molecular complexity index is 457. The monoisotopic (exact) mass is 294 g/mol. The SMILES string of the molecule is C[C@@H](NC(=O)C1CC12CCNCC2)c1ccccc1.Cl. The molecule has 1 heterocycles. The number of hydrogen-bond donors (Lipinski definition) is 2. The summed E-state index contributed by atoms with van der Waals surface area (Å²) < 4.78 is 0. The molecule has 2 atom stereocenters. The van der Waals surface area contributed by atoms with Crippen molar-refractivity contribution >= 4 is 18.3 Å². The Morgan fingerprint density at radius 1 is 1.30 bits per heavy atom. The smallest absolute Gasteiger partial charge is 0.224 e. The molecular weight excluding hydrogens is 272 g/mol. The Morgan fingerprint density at radius 3 is 2.60 bits per heavy atom. The summed E-state index contributed by atoms with van der Waals surface area (Å²) in [5.41, 5.74) is 1.50. The highest BCUT2D eigenvalue weighted by molar-refractivity contribution is 5.85. The van der Waals surface area contributed by atoms with Gasteiger partial charge in [-0.15, -0.1) is 12.4 Å². The van der Waals surface area contributed by atoms with Crippen LogP contribution in [0.2, 0.25) is 0 Å². The largest absolute Gasteiger partial charge is 0.349 e. The molecule has 1 spiro atoms. The fraction of sp³-hybridized carbons (Fsp3) is 0.562. The summed E-state index contributed by atoms with van der Waals surface area (Å²) in [7, 11) is 0. The molecule has 0 radical (unpaired) electrons. The highest BCUT2D eigenvalue weighted by Crippen LogP contribution is 2.58. The van der Waals surface area contributed by atoms with Crippen LogP contribution >= 0.6 is 12.4 Å². The van der Waals surface area contributed by atoms with E-state index in [2.05, 4.69) is 29.7 Å². The van der Waals surface area contributed by atoms with Gasteiger partial charge in [0.05, 0.1) is 6.04 Å². The molecule has 3 nitrogen and oxygen atoms in total. The van der Waals surface area contributed by atoms with Crippen molar-refractivity contribution in [3.63, 3.8) is 0 Å². The van der Waals surface area contributed by atoms with Gasteiger partial charge in [-0.05, 0) is 50.3 Å². The molecule has 1 aliphatic heterocycles. The molecule has 1 aliphatic carbocycles. The van der Waals surface area contributed by atoms with E-state index in [0.29, 0.717) is 5.41 Å². The van der Waals surface area contributed by atoms with Gasteiger partial charge in [0.25, 0.3) is 0 Å². The molecular formula is C16H23ClN2O. The number of carbonyl (C=O) groups excluding carboxylic acids is 1. The predicted molar refractivity (Wildman–Crippen MR) is 82.9 cm³/mol. The number of hydrogen-bond acceptors (Lipinski definition) is 2. The number of halogens is 1. The molecule has 1 unspecified atom stereocenters. The number of amides is 1. The molecule has 0 bridgehead atoms. The van der Waals surface area contributed by atoms with Crippen LogP contribution < -0.4 is 10.6 Å². The lowest BCUT2D eigenvalue weighted by Gasteiger charge is -2.23. The minimum Gasteiger partial charge on any atom is -0.349 e. The minimum absolute atomic E-state index is 0. The van der Waals surface area contributed by atoms with Gasteiger partial charge in [0.1, 0.15) is 0 Å². The van der Waals surface area contributed by atoms with Crippen molar-refractivity contribution in [3.05, 3.63) is 35.9 Å². The molecule has 110 valence electrons. The number of benzene rings is 1. The van der Waals surface area contributed by atoms with Gasteiger partial charge in [-0.25, -0.2) is 0 Å². The van der Waals surface area contributed by atoms with E-state index in [1.165, 1.54) is 5.56 Å². The van der Waals surface area contributed by atoms with Gasteiger partial charge in [-0.2, -0.15) is 0 Å². The van der Waals surface area contributed by atoms with Crippen LogP contribution in [0.1, 0.15) is 37.8 Å². The van der Waals surface area contributed by atoms with Crippen LogP contribution in [-0.4, -0.2) is 19.0 Å². The molecule has 1 saturated heterocycles. The molecule has 0 aromatic heterocycles. The fourth-order valence-electron chi connectivity index (χ4n) is 3.33. The number of nitrogens with one attached hydrogen (secondary N) is 2. The zero-order valence-corrected chi connectivity index (χ0v) is 12.7. The van der Waals surface area contributed by atoms with Crippen LogP contribution in [0.5, 0.6) is 0 Å². The van der Waals surface area contributed by atoms with Crippen LogP contribution in [0.25, 0.3) is 0 Å². The molecule has 1 aromatic rings. The lowest BCUT2D eigenvalue weighted by molar-refractivity contribution is -0.123. The first-order chi connectivity index (χ1) is 9.21. The van der Waals surface area contributed by atoms with Crippen molar-refractivity contribution in [2.24, 2.45) is 11.3 Å². The lowest BCUT2D eigenvalue weighted by atomic mass is 9.91. The van der Waals surface area contributed by atoms with Crippen molar-refractivity contribution in [2.75, 3.05) is 13.1 Å². The van der Waals surface area contributed by atoms with Crippen LogP contribution in [0, 0.1) is 11.3 Å². The molecule has 2 fully saturated rings. The van der Waals surface area contributed by atoms with Gasteiger partial charge < -0.3 is 10.6 Å². The van der Waals surface area contributed by atoms with Gasteiger partial charge in [0.15, 0.2) is 0 Å². The summed E-state index contributed by atoms with van der Waals surface area (Å²) >= 11 is 0. The topological polar surface area (TPSA) is 41.1 Å². The normalized spacial score (nSPS) is 24.6. The summed E-state index contributed by atoms with van der Waals surface area (Å²) in [6.07, 6.45) is 3.40. The van der Waals surface area contributed by atoms with Crippen LogP contribution in [-0.2, 0) is 4.79 Å². The Hall–Kier alpha value is -1.06. The second kappa shape index (κ2) is 6.15. The Labute approximate surface area is 126 Å². The van der Waals surface area contributed by atoms with E-state index in [9.17, 15) is 4.79 Å². The van der Waals surface area contributed by atoms with E-state index in [4.69, 9.17) is 0 Å². The molecule has 20 heavy (non-hydrogen) atoms. The number of carbonyl (C=O) groups is 1. The summed E-state index contributed by atoms with van der Waals surface area (Å²) in [5, 5.41) is 6.55. The van der Waals surface area contributed by atoms with Crippen molar-refractivity contribution in [1.82, 2.24) is 10.6 Å². The van der Waals surface area contributed by atoms with Gasteiger partial charge in [-0.3, -0.25) is 4.79 Å². The molecule has 1 aromatic carbocycles. The number of piperidine rings is 1. The lowest BCUT2D eigenvalue weighted by Crippen LogP contribution is -2.34. The zero-order valence-electron chi connectivity index (χ0n) is 11.9. The zero-order chi connectivity index (χ0) is 13.3. The average Bonchev–Trinajstić information content (AvgIpc) is 3.14. The van der Waals surface area contributed by atoms with E-state index < -0.39 is 0 Å². The highest BCUT2D eigenvalue weighted by Gasteiger charge is 2.57. The Morgan fingerprint density at radius 2 is 1.95 bits per heavy atom. The van der Waals surface area contributed by atoms with E-state index in [0.717, 1.165) is 32.4 Å². The third kappa shape index (κ3) is 2.99. The first-order valence-electron chi connectivity index (χ1n) is 7.27. The van der Waals surface area contributed by atoms with Gasteiger partial charge in [0, 0.05) is 5.92 Å². The van der Waals surface area contributed by atoms with Crippen LogP contribution in [0.3, 0.4) is 0 Å². The maximum Gasteiger partial charge on any atom is 0.224 e.